The fourth-order valence-corrected chi connectivity index (χ4v) is 1.02. The van der Waals surface area contributed by atoms with Gasteiger partial charge in [-0.25, -0.2) is 4.98 Å². The highest BCUT2D eigenvalue weighted by molar-refractivity contribution is 6.59. The Balaban J connectivity index is 3.38. The van der Waals surface area contributed by atoms with Crippen molar-refractivity contribution in [2.24, 2.45) is 0 Å². The van der Waals surface area contributed by atoms with Crippen LogP contribution in [-0.4, -0.2) is 22.2 Å². The molecule has 8 heteroatoms. The summed E-state index contributed by atoms with van der Waals surface area (Å²) in [5.41, 5.74) is 2.98. The van der Waals surface area contributed by atoms with E-state index in [-0.39, 0.29) is 0 Å². The van der Waals surface area contributed by atoms with E-state index >= 15 is 0 Å². The molecule has 0 aliphatic carbocycles. The van der Waals surface area contributed by atoms with Gasteiger partial charge >= 0.3 is 13.3 Å². The number of hydrogen-bond donors (Lipinski definition) is 3. The molecule has 1 rings (SSSR count). The van der Waals surface area contributed by atoms with Crippen LogP contribution in [0.25, 0.3) is 0 Å². The topological polar surface area (TPSA) is 79.4 Å². The van der Waals surface area contributed by atoms with Crippen LogP contribution in [0.15, 0.2) is 12.3 Å². The minimum Gasteiger partial charge on any atom is -0.423 e. The predicted molar refractivity (Wildman–Crippen MR) is 43.5 cm³/mol. The fourth-order valence-electron chi connectivity index (χ4n) is 1.02. The Labute approximate surface area is 77.3 Å². The second kappa shape index (κ2) is 3.47. The van der Waals surface area contributed by atoms with Gasteiger partial charge in [-0.3, -0.25) is 0 Å². The van der Waals surface area contributed by atoms with Gasteiger partial charge in [-0.2, -0.15) is 13.2 Å². The molecule has 76 valence electrons. The van der Waals surface area contributed by atoms with Gasteiger partial charge in [0.1, 0.15) is 5.82 Å². The van der Waals surface area contributed by atoms with E-state index < -0.39 is 30.1 Å². The Bertz CT molecular complexity index is 342. The molecule has 0 unspecified atom stereocenters. The summed E-state index contributed by atoms with van der Waals surface area (Å²) in [5.74, 6) is -0.775. The quantitative estimate of drug-likeness (QED) is 0.534. The van der Waals surface area contributed by atoms with Gasteiger partial charge in [0.2, 0.25) is 0 Å². The summed E-state index contributed by atoms with van der Waals surface area (Å²) in [5, 5.41) is 17.3. The molecule has 0 saturated heterocycles. The number of halogens is 3. The number of anilines is 1. The maximum atomic E-state index is 12.3. The first-order valence-corrected chi connectivity index (χ1v) is 3.51. The molecule has 0 amide bonds. The molecule has 0 atom stereocenters. The SMILES string of the molecule is Nc1nccc(B(O)O)c1C(F)(F)F. The molecule has 4 nitrogen and oxygen atoms in total. The number of rotatable bonds is 1. The smallest absolute Gasteiger partial charge is 0.423 e. The van der Waals surface area contributed by atoms with E-state index in [0.717, 1.165) is 12.3 Å². The van der Waals surface area contributed by atoms with Crippen LogP contribution in [0.3, 0.4) is 0 Å². The van der Waals surface area contributed by atoms with Crippen LogP contribution in [0.5, 0.6) is 0 Å². The Morgan fingerprint density at radius 3 is 2.29 bits per heavy atom. The summed E-state index contributed by atoms with van der Waals surface area (Å²) in [7, 11) is -2.23. The molecular formula is C6H6BF3N2O2. The molecule has 0 radical (unpaired) electrons. The van der Waals surface area contributed by atoms with Crippen molar-refractivity contribution in [3.8, 4) is 0 Å². The second-order valence-corrected chi connectivity index (χ2v) is 2.53. The molecule has 1 aromatic heterocycles. The van der Waals surface area contributed by atoms with E-state index in [0.29, 0.717) is 0 Å². The summed E-state index contributed by atoms with van der Waals surface area (Å²) in [6, 6.07) is 0.851. The van der Waals surface area contributed by atoms with Gasteiger partial charge in [-0.15, -0.1) is 0 Å². The van der Waals surface area contributed by atoms with Crippen LogP contribution in [0.4, 0.5) is 19.0 Å². The zero-order chi connectivity index (χ0) is 10.9. The van der Waals surface area contributed by atoms with Crippen LogP contribution in [-0.2, 0) is 6.18 Å². The van der Waals surface area contributed by atoms with Crippen molar-refractivity contribution in [3.63, 3.8) is 0 Å². The third-order valence-electron chi connectivity index (χ3n) is 1.57. The van der Waals surface area contributed by atoms with Crippen LogP contribution in [0.2, 0.25) is 0 Å². The van der Waals surface area contributed by atoms with Gasteiger partial charge in [0, 0.05) is 6.20 Å². The summed E-state index contributed by atoms with van der Waals surface area (Å²) in [6.07, 6.45) is -3.78. The van der Waals surface area contributed by atoms with Crippen molar-refractivity contribution < 1.29 is 23.2 Å². The maximum absolute atomic E-state index is 12.3. The number of nitrogen functional groups attached to an aromatic ring is 1. The molecule has 1 heterocycles. The second-order valence-electron chi connectivity index (χ2n) is 2.53. The number of nitrogens with two attached hydrogens (primary N) is 1. The Morgan fingerprint density at radius 1 is 1.36 bits per heavy atom. The van der Waals surface area contributed by atoms with Gasteiger partial charge in [-0.1, -0.05) is 0 Å². The van der Waals surface area contributed by atoms with Gasteiger partial charge < -0.3 is 15.8 Å². The van der Waals surface area contributed by atoms with E-state index in [2.05, 4.69) is 4.98 Å². The van der Waals surface area contributed by atoms with Crippen molar-refractivity contribution >= 4 is 18.4 Å². The summed E-state index contributed by atoms with van der Waals surface area (Å²) in [4.78, 5) is 3.22. The Kier molecular flexibility index (Phi) is 2.67. The molecule has 14 heavy (non-hydrogen) atoms. The lowest BCUT2D eigenvalue weighted by Crippen LogP contribution is -2.37. The van der Waals surface area contributed by atoms with Crippen molar-refractivity contribution in [1.82, 2.24) is 4.98 Å². The number of pyridine rings is 1. The first kappa shape index (κ1) is 10.8. The van der Waals surface area contributed by atoms with Crippen molar-refractivity contribution in [2.75, 3.05) is 5.73 Å². The van der Waals surface area contributed by atoms with Crippen LogP contribution >= 0.6 is 0 Å². The lowest BCUT2D eigenvalue weighted by atomic mass is 9.77. The number of alkyl halides is 3. The standard InChI is InChI=1S/C6H6BF3N2O2/c8-6(9,10)4-3(7(13)14)1-2-12-5(4)11/h1-2,13-14H,(H2,11,12). The summed E-state index contributed by atoms with van der Waals surface area (Å²) >= 11 is 0. The zero-order valence-electron chi connectivity index (χ0n) is 6.78. The molecule has 1 aromatic rings. The van der Waals surface area contributed by atoms with E-state index in [1.165, 1.54) is 0 Å². The molecule has 0 fully saturated rings. The van der Waals surface area contributed by atoms with Gasteiger partial charge in [0.15, 0.2) is 0 Å². The molecule has 0 aromatic carbocycles. The average molecular weight is 206 g/mol. The highest BCUT2D eigenvalue weighted by Gasteiger charge is 2.38. The molecule has 0 saturated carbocycles. The van der Waals surface area contributed by atoms with Gasteiger partial charge in [0.25, 0.3) is 0 Å². The van der Waals surface area contributed by atoms with Crippen LogP contribution < -0.4 is 11.2 Å². The Morgan fingerprint density at radius 2 is 1.93 bits per heavy atom. The largest absolute Gasteiger partial charge is 0.489 e. The number of nitrogens with zero attached hydrogens (tertiary/aromatic N) is 1. The monoisotopic (exact) mass is 206 g/mol. The lowest BCUT2D eigenvalue weighted by molar-refractivity contribution is -0.136. The third-order valence-corrected chi connectivity index (χ3v) is 1.57. The molecule has 4 N–H and O–H groups in total. The third kappa shape index (κ3) is 1.96. The molecule has 0 aliphatic heterocycles. The fraction of sp³-hybridized carbons (Fsp3) is 0.167. The van der Waals surface area contributed by atoms with Crippen LogP contribution in [0, 0.1) is 0 Å². The molecule has 0 bridgehead atoms. The predicted octanol–water partition coefficient (Wildman–Crippen LogP) is -0.638. The van der Waals surface area contributed by atoms with E-state index in [4.69, 9.17) is 15.8 Å². The van der Waals surface area contributed by atoms with E-state index in [1.807, 2.05) is 0 Å². The molecule has 0 spiro atoms. The lowest BCUT2D eigenvalue weighted by Gasteiger charge is -2.13. The van der Waals surface area contributed by atoms with Crippen molar-refractivity contribution in [3.05, 3.63) is 17.8 Å². The highest BCUT2D eigenvalue weighted by atomic mass is 19.4. The first-order chi connectivity index (χ1) is 6.34. The van der Waals surface area contributed by atoms with E-state index in [9.17, 15) is 13.2 Å². The zero-order valence-corrected chi connectivity index (χ0v) is 6.78. The first-order valence-electron chi connectivity index (χ1n) is 3.51. The molecular weight excluding hydrogens is 200 g/mol. The van der Waals surface area contributed by atoms with Crippen LogP contribution in [0.1, 0.15) is 5.56 Å². The van der Waals surface area contributed by atoms with Gasteiger partial charge in [0.05, 0.1) is 5.56 Å². The number of aromatic nitrogens is 1. The molecule has 0 aliphatic rings. The maximum Gasteiger partial charge on any atom is 0.489 e. The Hall–Kier alpha value is -1.28. The van der Waals surface area contributed by atoms with Crippen molar-refractivity contribution in [2.45, 2.75) is 6.18 Å². The highest BCUT2D eigenvalue weighted by Crippen LogP contribution is 2.30. The minimum atomic E-state index is -4.75. The van der Waals surface area contributed by atoms with Crippen molar-refractivity contribution in [1.29, 1.82) is 0 Å². The normalized spacial score (nSPS) is 11.5. The van der Waals surface area contributed by atoms with E-state index in [1.54, 1.807) is 0 Å². The minimum absolute atomic E-state index is 0.704. The van der Waals surface area contributed by atoms with Gasteiger partial charge in [-0.05, 0) is 11.5 Å². The average Bonchev–Trinajstić information content (AvgIpc) is 2.01. The summed E-state index contributed by atoms with van der Waals surface area (Å²) in [6.45, 7) is 0. The summed E-state index contributed by atoms with van der Waals surface area (Å²) < 4.78 is 37.0. The number of hydrogen-bond acceptors (Lipinski definition) is 4.